The third-order valence-corrected chi connectivity index (χ3v) is 3.69. The van der Waals surface area contributed by atoms with Gasteiger partial charge in [-0.1, -0.05) is 6.07 Å². The van der Waals surface area contributed by atoms with Crippen LogP contribution in [0, 0.1) is 10.1 Å². The summed E-state index contributed by atoms with van der Waals surface area (Å²) in [7, 11) is 1.47. The number of ether oxygens (including phenoxy) is 1. The number of rotatable bonds is 5. The number of hydrogen-bond acceptors (Lipinski definition) is 5. The van der Waals surface area contributed by atoms with E-state index in [4.69, 9.17) is 9.84 Å². The molecular formula is C16H13N3O5. The molecule has 0 aliphatic rings. The topological polar surface area (TPSA) is 107 Å². The number of aromatic nitrogens is 2. The van der Waals surface area contributed by atoms with Crippen LogP contribution in [0.25, 0.3) is 10.9 Å². The first kappa shape index (κ1) is 15.5. The average molecular weight is 327 g/mol. The Hall–Kier alpha value is -3.42. The van der Waals surface area contributed by atoms with E-state index < -0.39 is 10.9 Å². The third kappa shape index (κ3) is 2.76. The van der Waals surface area contributed by atoms with Gasteiger partial charge in [-0.25, -0.2) is 4.79 Å². The first-order valence-electron chi connectivity index (χ1n) is 7.00. The van der Waals surface area contributed by atoms with E-state index in [1.807, 2.05) is 0 Å². The highest BCUT2D eigenvalue weighted by Crippen LogP contribution is 2.25. The van der Waals surface area contributed by atoms with Crippen LogP contribution in [-0.4, -0.2) is 32.9 Å². The molecule has 0 unspecified atom stereocenters. The van der Waals surface area contributed by atoms with Crippen molar-refractivity contribution in [2.45, 2.75) is 6.54 Å². The van der Waals surface area contributed by atoms with Gasteiger partial charge in [0.2, 0.25) is 0 Å². The molecule has 0 saturated carbocycles. The van der Waals surface area contributed by atoms with E-state index in [0.29, 0.717) is 17.7 Å². The molecule has 1 heterocycles. The molecule has 0 saturated heterocycles. The summed E-state index contributed by atoms with van der Waals surface area (Å²) >= 11 is 0. The van der Waals surface area contributed by atoms with Crippen LogP contribution < -0.4 is 4.74 Å². The molecule has 0 spiro atoms. The van der Waals surface area contributed by atoms with Crippen LogP contribution in [0.5, 0.6) is 5.75 Å². The van der Waals surface area contributed by atoms with Gasteiger partial charge in [-0.3, -0.25) is 14.8 Å². The summed E-state index contributed by atoms with van der Waals surface area (Å²) in [5, 5.41) is 24.8. The van der Waals surface area contributed by atoms with Gasteiger partial charge in [0.1, 0.15) is 5.75 Å². The van der Waals surface area contributed by atoms with Gasteiger partial charge in [0.15, 0.2) is 0 Å². The minimum atomic E-state index is -1.03. The summed E-state index contributed by atoms with van der Waals surface area (Å²) in [6.45, 7) is 0.352. The zero-order chi connectivity index (χ0) is 17.3. The fraction of sp³-hybridized carbons (Fsp3) is 0.125. The minimum Gasteiger partial charge on any atom is -0.496 e. The van der Waals surface area contributed by atoms with Crippen LogP contribution in [0.4, 0.5) is 5.69 Å². The fourth-order valence-corrected chi connectivity index (χ4v) is 2.48. The van der Waals surface area contributed by atoms with Crippen LogP contribution in [0.3, 0.4) is 0 Å². The highest BCUT2D eigenvalue weighted by Gasteiger charge is 2.13. The lowest BCUT2D eigenvalue weighted by Gasteiger charge is -2.10. The summed E-state index contributed by atoms with van der Waals surface area (Å²) in [5.74, 6) is -0.586. The van der Waals surface area contributed by atoms with Gasteiger partial charge in [0, 0.05) is 23.1 Å². The summed E-state index contributed by atoms with van der Waals surface area (Å²) in [4.78, 5) is 21.4. The molecule has 3 aromatic rings. The Kier molecular flexibility index (Phi) is 3.87. The van der Waals surface area contributed by atoms with Crippen molar-refractivity contribution < 1.29 is 19.6 Å². The number of fused-ring (bicyclic) bond motifs is 1. The maximum Gasteiger partial charge on any atom is 0.335 e. The second-order valence-corrected chi connectivity index (χ2v) is 5.13. The number of nitro groups is 1. The van der Waals surface area contributed by atoms with Gasteiger partial charge in [0.05, 0.1) is 35.9 Å². The van der Waals surface area contributed by atoms with E-state index in [9.17, 15) is 14.9 Å². The smallest absolute Gasteiger partial charge is 0.335 e. The van der Waals surface area contributed by atoms with Crippen LogP contribution in [0.15, 0.2) is 42.6 Å². The fourth-order valence-electron chi connectivity index (χ4n) is 2.48. The van der Waals surface area contributed by atoms with E-state index in [2.05, 4.69) is 5.10 Å². The molecule has 0 bridgehead atoms. The van der Waals surface area contributed by atoms with Crippen molar-refractivity contribution in [1.29, 1.82) is 0 Å². The van der Waals surface area contributed by atoms with Crippen molar-refractivity contribution >= 4 is 22.6 Å². The summed E-state index contributed by atoms with van der Waals surface area (Å²) in [6.07, 6.45) is 1.56. The van der Waals surface area contributed by atoms with E-state index >= 15 is 0 Å². The van der Waals surface area contributed by atoms with E-state index in [-0.39, 0.29) is 11.3 Å². The monoisotopic (exact) mass is 327 g/mol. The van der Waals surface area contributed by atoms with Gasteiger partial charge >= 0.3 is 5.97 Å². The van der Waals surface area contributed by atoms with Gasteiger partial charge in [-0.2, -0.15) is 5.10 Å². The van der Waals surface area contributed by atoms with Crippen LogP contribution in [0.2, 0.25) is 0 Å². The maximum absolute atomic E-state index is 11.0. The van der Waals surface area contributed by atoms with Crippen molar-refractivity contribution in [3.05, 3.63) is 63.8 Å². The predicted octanol–water partition coefficient (Wildman–Crippen LogP) is 2.70. The summed E-state index contributed by atoms with van der Waals surface area (Å²) < 4.78 is 6.93. The average Bonchev–Trinajstić information content (AvgIpc) is 2.97. The first-order chi connectivity index (χ1) is 11.5. The number of methoxy groups -OCH3 is 1. The zero-order valence-electron chi connectivity index (χ0n) is 12.7. The highest BCUT2D eigenvalue weighted by atomic mass is 16.6. The Balaban J connectivity index is 1.98. The Morgan fingerprint density at radius 3 is 2.79 bits per heavy atom. The van der Waals surface area contributed by atoms with E-state index in [1.54, 1.807) is 23.0 Å². The number of carboxylic acids is 1. The zero-order valence-corrected chi connectivity index (χ0v) is 12.7. The number of carboxylic acid groups (broad SMARTS) is 1. The Bertz CT molecular complexity index is 948. The molecule has 0 amide bonds. The molecule has 8 heteroatoms. The summed E-state index contributed by atoms with van der Waals surface area (Å²) in [5.41, 5.74) is 1.64. The molecule has 24 heavy (non-hydrogen) atoms. The molecule has 0 aliphatic heterocycles. The number of non-ortho nitro benzene ring substituents is 1. The normalized spacial score (nSPS) is 10.7. The molecular weight excluding hydrogens is 314 g/mol. The van der Waals surface area contributed by atoms with Gasteiger partial charge in [-0.05, 0) is 18.2 Å². The predicted molar refractivity (Wildman–Crippen MR) is 85.4 cm³/mol. The van der Waals surface area contributed by atoms with E-state index in [0.717, 1.165) is 11.1 Å². The maximum atomic E-state index is 11.0. The first-order valence-corrected chi connectivity index (χ1v) is 7.00. The molecule has 0 fully saturated rings. The van der Waals surface area contributed by atoms with Crippen molar-refractivity contribution in [3.63, 3.8) is 0 Å². The lowest BCUT2D eigenvalue weighted by molar-refractivity contribution is -0.384. The molecule has 3 rings (SSSR count). The van der Waals surface area contributed by atoms with Gasteiger partial charge < -0.3 is 9.84 Å². The number of aromatic carboxylic acids is 1. The quantitative estimate of drug-likeness (QED) is 0.570. The molecule has 0 aliphatic carbocycles. The Labute approximate surface area is 136 Å². The number of hydrogen-bond donors (Lipinski definition) is 1. The van der Waals surface area contributed by atoms with Crippen LogP contribution in [-0.2, 0) is 6.54 Å². The number of nitro benzene ring substituents is 1. The lowest BCUT2D eigenvalue weighted by Crippen LogP contribution is -2.05. The van der Waals surface area contributed by atoms with E-state index in [1.165, 1.54) is 31.4 Å². The third-order valence-electron chi connectivity index (χ3n) is 3.69. The number of nitrogens with zero attached hydrogens (tertiary/aromatic N) is 3. The second kappa shape index (κ2) is 5.99. The molecule has 1 aromatic heterocycles. The number of benzene rings is 2. The van der Waals surface area contributed by atoms with Crippen LogP contribution >= 0.6 is 0 Å². The summed E-state index contributed by atoms with van der Waals surface area (Å²) in [6, 6.07) is 9.14. The molecule has 8 nitrogen and oxygen atoms in total. The second-order valence-electron chi connectivity index (χ2n) is 5.13. The van der Waals surface area contributed by atoms with Crippen LogP contribution in [0.1, 0.15) is 15.9 Å². The van der Waals surface area contributed by atoms with Gasteiger partial charge in [-0.15, -0.1) is 0 Å². The van der Waals surface area contributed by atoms with Crippen molar-refractivity contribution in [1.82, 2.24) is 9.78 Å². The SMILES string of the molecule is COc1cc(C(=O)O)ccc1Cn1ncc2cc([N+](=O)[O-])ccc21. The lowest BCUT2D eigenvalue weighted by atomic mass is 10.1. The standard InChI is InChI=1S/C16H13N3O5/c1-24-15-7-10(16(20)21)2-3-11(15)9-18-14-5-4-13(19(22)23)6-12(14)8-17-18/h2-8H,9H2,1H3,(H,20,21). The minimum absolute atomic E-state index is 0.00504. The van der Waals surface area contributed by atoms with Gasteiger partial charge in [0.25, 0.3) is 5.69 Å². The molecule has 1 N–H and O–H groups in total. The number of carbonyl (C=O) groups is 1. The largest absolute Gasteiger partial charge is 0.496 e. The van der Waals surface area contributed by atoms with Crippen molar-refractivity contribution in [3.8, 4) is 5.75 Å². The Morgan fingerprint density at radius 2 is 2.12 bits per heavy atom. The molecule has 0 radical (unpaired) electrons. The molecule has 2 aromatic carbocycles. The highest BCUT2D eigenvalue weighted by molar-refractivity contribution is 5.88. The molecule has 122 valence electrons. The van der Waals surface area contributed by atoms with Crippen molar-refractivity contribution in [2.24, 2.45) is 0 Å². The molecule has 0 atom stereocenters. The Morgan fingerprint density at radius 1 is 1.33 bits per heavy atom. The van der Waals surface area contributed by atoms with Crippen molar-refractivity contribution in [2.75, 3.05) is 7.11 Å².